The Kier molecular flexibility index (Phi) is 6.04. The van der Waals surface area contributed by atoms with Gasteiger partial charge in [-0.3, -0.25) is 14.2 Å². The highest BCUT2D eigenvalue weighted by Crippen LogP contribution is 2.28. The maximum Gasteiger partial charge on any atom is 0.352 e. The SMILES string of the molecule is CCn1c(=O)c(-c2noc(CCC(=O)N3CCc4ccccc43)n2)nn(-c2ccc(Cl)cc2)c1=O. The number of hydrogen-bond acceptors (Lipinski definition) is 7. The molecule has 178 valence electrons. The van der Waals surface area contributed by atoms with E-state index in [9.17, 15) is 14.4 Å². The number of benzene rings is 2. The molecule has 1 aliphatic heterocycles. The van der Waals surface area contributed by atoms with E-state index in [-0.39, 0.29) is 42.7 Å². The number of halogens is 1. The Balaban J connectivity index is 1.40. The van der Waals surface area contributed by atoms with E-state index in [0.29, 0.717) is 17.3 Å². The molecule has 4 aromatic rings. The molecule has 0 N–H and O–H groups in total. The smallest absolute Gasteiger partial charge is 0.339 e. The van der Waals surface area contributed by atoms with Gasteiger partial charge in [-0.05, 0) is 49.2 Å². The van der Waals surface area contributed by atoms with Gasteiger partial charge in [-0.15, -0.1) is 0 Å². The van der Waals surface area contributed by atoms with Gasteiger partial charge in [0.15, 0.2) is 5.69 Å². The first-order valence-electron chi connectivity index (χ1n) is 11.2. The third-order valence-electron chi connectivity index (χ3n) is 5.87. The molecule has 11 heteroatoms. The highest BCUT2D eigenvalue weighted by Gasteiger charge is 2.25. The van der Waals surface area contributed by atoms with Crippen LogP contribution in [-0.4, -0.2) is 36.9 Å². The Morgan fingerprint density at radius 3 is 2.66 bits per heavy atom. The summed E-state index contributed by atoms with van der Waals surface area (Å²) in [6.07, 6.45) is 1.21. The lowest BCUT2D eigenvalue weighted by molar-refractivity contribution is -0.118. The van der Waals surface area contributed by atoms with Crippen LogP contribution < -0.4 is 16.1 Å². The van der Waals surface area contributed by atoms with Crippen LogP contribution >= 0.6 is 11.6 Å². The molecule has 5 rings (SSSR count). The third kappa shape index (κ3) is 4.28. The van der Waals surface area contributed by atoms with Crippen molar-refractivity contribution >= 4 is 23.2 Å². The van der Waals surface area contributed by atoms with Crippen molar-refractivity contribution in [3.8, 4) is 17.2 Å². The first kappa shape index (κ1) is 22.7. The quantitative estimate of drug-likeness (QED) is 0.406. The van der Waals surface area contributed by atoms with Crippen LogP contribution in [0.25, 0.3) is 17.2 Å². The molecule has 10 nitrogen and oxygen atoms in total. The van der Waals surface area contributed by atoms with E-state index in [1.54, 1.807) is 36.1 Å². The molecule has 1 amide bonds. The average molecular weight is 493 g/mol. The fraction of sp³-hybridized carbons (Fsp3) is 0.250. The summed E-state index contributed by atoms with van der Waals surface area (Å²) in [4.78, 5) is 44.5. The molecule has 0 saturated carbocycles. The van der Waals surface area contributed by atoms with Gasteiger partial charge in [-0.2, -0.15) is 14.8 Å². The van der Waals surface area contributed by atoms with Crippen LogP contribution in [0.2, 0.25) is 5.02 Å². The summed E-state index contributed by atoms with van der Waals surface area (Å²) in [7, 11) is 0. The lowest BCUT2D eigenvalue weighted by Gasteiger charge is -2.16. The summed E-state index contributed by atoms with van der Waals surface area (Å²) in [6.45, 7) is 2.46. The van der Waals surface area contributed by atoms with Gasteiger partial charge in [0, 0.05) is 36.6 Å². The molecule has 35 heavy (non-hydrogen) atoms. The zero-order chi connectivity index (χ0) is 24.5. The van der Waals surface area contributed by atoms with E-state index in [0.717, 1.165) is 26.9 Å². The second kappa shape index (κ2) is 9.30. The minimum Gasteiger partial charge on any atom is -0.339 e. The molecular weight excluding hydrogens is 472 g/mol. The number of anilines is 1. The van der Waals surface area contributed by atoms with Crippen molar-refractivity contribution in [1.29, 1.82) is 0 Å². The standard InChI is InChI=1S/C24H21ClN6O4/c1-2-29-23(33)21(27-31(24(29)34)17-9-7-16(25)8-10-17)22-26-19(35-28-22)11-12-20(32)30-14-13-15-5-3-4-6-18(15)30/h3-10H,2,11-14H2,1H3. The van der Waals surface area contributed by atoms with Gasteiger partial charge in [-0.25, -0.2) is 4.79 Å². The first-order chi connectivity index (χ1) is 17.0. The number of amides is 1. The van der Waals surface area contributed by atoms with Gasteiger partial charge in [0.2, 0.25) is 17.6 Å². The van der Waals surface area contributed by atoms with Gasteiger partial charge < -0.3 is 9.42 Å². The zero-order valence-electron chi connectivity index (χ0n) is 18.8. The monoisotopic (exact) mass is 492 g/mol. The van der Waals surface area contributed by atoms with Crippen LogP contribution in [0.15, 0.2) is 62.6 Å². The largest absolute Gasteiger partial charge is 0.352 e. The van der Waals surface area contributed by atoms with Crippen molar-refractivity contribution in [2.45, 2.75) is 32.7 Å². The van der Waals surface area contributed by atoms with Gasteiger partial charge in [0.1, 0.15) is 0 Å². The molecule has 0 bridgehead atoms. The van der Waals surface area contributed by atoms with E-state index in [1.165, 1.54) is 0 Å². The summed E-state index contributed by atoms with van der Waals surface area (Å²) in [5.74, 6) is 0.112. The minimum absolute atomic E-state index is 0.0440. The van der Waals surface area contributed by atoms with Crippen LogP contribution in [0.5, 0.6) is 0 Å². The Hall–Kier alpha value is -4.05. The fourth-order valence-electron chi connectivity index (χ4n) is 4.08. The van der Waals surface area contributed by atoms with Crippen molar-refractivity contribution in [3.05, 3.63) is 85.8 Å². The van der Waals surface area contributed by atoms with Crippen LogP contribution in [0.3, 0.4) is 0 Å². The number of carbonyl (C=O) groups excluding carboxylic acids is 1. The molecule has 2 aromatic heterocycles. The van der Waals surface area contributed by atoms with E-state index >= 15 is 0 Å². The maximum atomic E-state index is 12.9. The maximum absolute atomic E-state index is 12.9. The Morgan fingerprint density at radius 1 is 1.11 bits per heavy atom. The highest BCUT2D eigenvalue weighted by atomic mass is 35.5. The van der Waals surface area contributed by atoms with Crippen molar-refractivity contribution in [1.82, 2.24) is 24.5 Å². The summed E-state index contributed by atoms with van der Waals surface area (Å²) in [5, 5.41) is 8.60. The normalized spacial score (nSPS) is 12.7. The minimum atomic E-state index is -0.625. The molecule has 0 aliphatic carbocycles. The van der Waals surface area contributed by atoms with E-state index in [4.69, 9.17) is 16.1 Å². The molecule has 0 spiro atoms. The molecular formula is C24H21ClN6O4. The van der Waals surface area contributed by atoms with Gasteiger partial charge in [-0.1, -0.05) is 35.0 Å². The van der Waals surface area contributed by atoms with E-state index < -0.39 is 11.2 Å². The Bertz CT molecular complexity index is 1520. The number of hydrogen-bond donors (Lipinski definition) is 0. The molecule has 0 atom stereocenters. The summed E-state index contributed by atoms with van der Waals surface area (Å²) in [5.41, 5.74) is 1.16. The van der Waals surface area contributed by atoms with Crippen LogP contribution in [0.1, 0.15) is 24.8 Å². The molecule has 0 fully saturated rings. The number of aryl methyl sites for hydroxylation is 1. The Morgan fingerprint density at radius 2 is 1.89 bits per heavy atom. The van der Waals surface area contributed by atoms with Crippen molar-refractivity contribution in [2.75, 3.05) is 11.4 Å². The van der Waals surface area contributed by atoms with Crippen LogP contribution in [-0.2, 0) is 24.2 Å². The van der Waals surface area contributed by atoms with Crippen molar-refractivity contribution in [3.63, 3.8) is 0 Å². The van der Waals surface area contributed by atoms with Gasteiger partial charge in [0.25, 0.3) is 5.56 Å². The second-order valence-corrected chi connectivity index (χ2v) is 8.44. The summed E-state index contributed by atoms with van der Waals surface area (Å²) in [6, 6.07) is 14.3. The number of nitrogens with zero attached hydrogens (tertiary/aromatic N) is 6. The number of fused-ring (bicyclic) bond motifs is 1. The van der Waals surface area contributed by atoms with E-state index in [1.807, 2.05) is 24.3 Å². The second-order valence-electron chi connectivity index (χ2n) is 8.00. The summed E-state index contributed by atoms with van der Waals surface area (Å²) >= 11 is 5.95. The molecule has 0 radical (unpaired) electrons. The fourth-order valence-corrected chi connectivity index (χ4v) is 4.21. The lowest BCUT2D eigenvalue weighted by Crippen LogP contribution is -2.41. The molecule has 2 aromatic carbocycles. The van der Waals surface area contributed by atoms with Gasteiger partial charge in [0.05, 0.1) is 5.69 Å². The third-order valence-corrected chi connectivity index (χ3v) is 6.12. The molecule has 0 saturated heterocycles. The molecule has 3 heterocycles. The topological polar surface area (TPSA) is 116 Å². The van der Waals surface area contributed by atoms with Gasteiger partial charge >= 0.3 is 5.69 Å². The number of para-hydroxylation sites is 1. The Labute approximate surface area is 204 Å². The molecule has 1 aliphatic rings. The number of rotatable bonds is 6. The van der Waals surface area contributed by atoms with E-state index in [2.05, 4.69) is 15.2 Å². The van der Waals surface area contributed by atoms with Crippen molar-refractivity contribution in [2.24, 2.45) is 0 Å². The molecule has 0 unspecified atom stereocenters. The zero-order valence-corrected chi connectivity index (χ0v) is 19.6. The average Bonchev–Trinajstić information content (AvgIpc) is 3.51. The number of carbonyl (C=O) groups is 1. The van der Waals surface area contributed by atoms with Crippen molar-refractivity contribution < 1.29 is 9.32 Å². The predicted molar refractivity (Wildman–Crippen MR) is 129 cm³/mol. The predicted octanol–water partition coefficient (Wildman–Crippen LogP) is 2.64. The van der Waals surface area contributed by atoms with Crippen LogP contribution in [0, 0.1) is 0 Å². The number of aromatic nitrogens is 5. The highest BCUT2D eigenvalue weighted by molar-refractivity contribution is 6.30. The van der Waals surface area contributed by atoms with Crippen LogP contribution in [0.4, 0.5) is 5.69 Å². The lowest BCUT2D eigenvalue weighted by atomic mass is 10.2. The summed E-state index contributed by atoms with van der Waals surface area (Å²) < 4.78 is 7.44. The first-order valence-corrected chi connectivity index (χ1v) is 11.6.